The van der Waals surface area contributed by atoms with Crippen molar-refractivity contribution in [3.63, 3.8) is 0 Å². The number of thiazole rings is 1. The zero-order valence-electron chi connectivity index (χ0n) is 14.1. The van der Waals surface area contributed by atoms with E-state index in [0.717, 1.165) is 49.0 Å². The van der Waals surface area contributed by atoms with E-state index in [2.05, 4.69) is 18.8 Å². The first-order valence-electron chi connectivity index (χ1n) is 8.62. The molecule has 1 saturated heterocycles. The third-order valence-corrected chi connectivity index (χ3v) is 5.60. The van der Waals surface area contributed by atoms with Gasteiger partial charge in [-0.25, -0.2) is 9.37 Å². The highest BCUT2D eigenvalue weighted by Gasteiger charge is 2.27. The van der Waals surface area contributed by atoms with Crippen molar-refractivity contribution < 1.29 is 13.9 Å². The highest BCUT2D eigenvalue weighted by Crippen LogP contribution is 2.30. The summed E-state index contributed by atoms with van der Waals surface area (Å²) >= 11 is 1.37. The summed E-state index contributed by atoms with van der Waals surface area (Å²) in [5, 5.41) is 0.584. The Balaban J connectivity index is 1.57. The number of halogens is 1. The average Bonchev–Trinajstić information content (AvgIpc) is 2.97. The molecule has 0 aliphatic carbocycles. The number of likely N-dealkylation sites (tertiary alicyclic amines) is 1. The van der Waals surface area contributed by atoms with Crippen molar-refractivity contribution in [2.24, 2.45) is 5.92 Å². The largest absolute Gasteiger partial charge is 0.467 e. The van der Waals surface area contributed by atoms with E-state index >= 15 is 0 Å². The number of hydrogen-bond donors (Lipinski definition) is 0. The van der Waals surface area contributed by atoms with Gasteiger partial charge < -0.3 is 9.64 Å². The standard InChI is InChI=1S/C18H23FN2O2S/c1-3-12(4-2)17(22)21-9-7-14(8-10-21)23-18-20-15-6-5-13(19)11-16(15)24-18/h5-6,11-12,14H,3-4,7-10H2,1-2H3. The number of rotatable bonds is 5. The molecule has 130 valence electrons. The van der Waals surface area contributed by atoms with Crippen molar-refractivity contribution in [1.82, 2.24) is 9.88 Å². The van der Waals surface area contributed by atoms with Gasteiger partial charge in [-0.1, -0.05) is 25.2 Å². The first kappa shape index (κ1) is 17.1. The van der Waals surface area contributed by atoms with Crippen LogP contribution >= 0.6 is 11.3 Å². The van der Waals surface area contributed by atoms with Crippen molar-refractivity contribution in [2.75, 3.05) is 13.1 Å². The molecule has 1 fully saturated rings. The molecule has 24 heavy (non-hydrogen) atoms. The van der Waals surface area contributed by atoms with Gasteiger partial charge in [-0.05, 0) is 31.0 Å². The Morgan fingerprint density at radius 1 is 1.38 bits per heavy atom. The van der Waals surface area contributed by atoms with Crippen molar-refractivity contribution in [2.45, 2.75) is 45.6 Å². The van der Waals surface area contributed by atoms with E-state index in [-0.39, 0.29) is 23.7 Å². The number of aromatic nitrogens is 1. The van der Waals surface area contributed by atoms with Crippen LogP contribution in [0.5, 0.6) is 5.19 Å². The Labute approximate surface area is 145 Å². The van der Waals surface area contributed by atoms with Crippen LogP contribution in [-0.4, -0.2) is 35.0 Å². The summed E-state index contributed by atoms with van der Waals surface area (Å²) in [4.78, 5) is 18.8. The molecule has 4 nitrogen and oxygen atoms in total. The van der Waals surface area contributed by atoms with E-state index in [0.29, 0.717) is 5.19 Å². The molecule has 0 N–H and O–H groups in total. The van der Waals surface area contributed by atoms with Crippen LogP contribution in [0.2, 0.25) is 0 Å². The molecule has 0 atom stereocenters. The molecule has 0 bridgehead atoms. The smallest absolute Gasteiger partial charge is 0.274 e. The predicted molar refractivity (Wildman–Crippen MR) is 93.9 cm³/mol. The van der Waals surface area contributed by atoms with Gasteiger partial charge in [-0.3, -0.25) is 4.79 Å². The minimum Gasteiger partial charge on any atom is -0.467 e. The zero-order chi connectivity index (χ0) is 17.1. The molecule has 0 radical (unpaired) electrons. The highest BCUT2D eigenvalue weighted by atomic mass is 32.1. The SMILES string of the molecule is CCC(CC)C(=O)N1CCC(Oc2nc3ccc(F)cc3s2)CC1. The molecule has 1 amide bonds. The van der Waals surface area contributed by atoms with Crippen molar-refractivity contribution in [1.29, 1.82) is 0 Å². The van der Waals surface area contributed by atoms with Gasteiger partial charge in [0, 0.05) is 31.8 Å². The van der Waals surface area contributed by atoms with Gasteiger partial charge in [0.1, 0.15) is 11.9 Å². The lowest BCUT2D eigenvalue weighted by atomic mass is 9.99. The lowest BCUT2D eigenvalue weighted by Gasteiger charge is -2.33. The molecule has 1 aliphatic heterocycles. The van der Waals surface area contributed by atoms with Crippen LogP contribution in [0.15, 0.2) is 18.2 Å². The number of nitrogens with zero attached hydrogens (tertiary/aromatic N) is 2. The Bertz CT molecular complexity index is 706. The lowest BCUT2D eigenvalue weighted by Crippen LogP contribution is -2.44. The Hall–Kier alpha value is -1.69. The summed E-state index contributed by atoms with van der Waals surface area (Å²) in [6.45, 7) is 5.61. The van der Waals surface area contributed by atoms with Crippen molar-refractivity contribution in [3.05, 3.63) is 24.0 Å². The quantitative estimate of drug-likeness (QED) is 0.810. The van der Waals surface area contributed by atoms with Crippen molar-refractivity contribution in [3.8, 4) is 5.19 Å². The van der Waals surface area contributed by atoms with Crippen LogP contribution in [0.3, 0.4) is 0 Å². The summed E-state index contributed by atoms with van der Waals surface area (Å²) < 4.78 is 20.0. The Morgan fingerprint density at radius 2 is 2.08 bits per heavy atom. The first-order chi connectivity index (χ1) is 11.6. The number of piperidine rings is 1. The number of carbonyl (C=O) groups excluding carboxylic acids is 1. The van der Waals surface area contributed by atoms with E-state index in [4.69, 9.17) is 4.74 Å². The number of fused-ring (bicyclic) bond motifs is 1. The van der Waals surface area contributed by atoms with Crippen LogP contribution < -0.4 is 4.74 Å². The van der Waals surface area contributed by atoms with Gasteiger partial charge in [-0.15, -0.1) is 0 Å². The Morgan fingerprint density at radius 3 is 2.75 bits per heavy atom. The second-order valence-electron chi connectivity index (χ2n) is 6.25. The summed E-state index contributed by atoms with van der Waals surface area (Å²) in [5.74, 6) is 0.154. The summed E-state index contributed by atoms with van der Waals surface area (Å²) in [6.07, 6.45) is 3.50. The van der Waals surface area contributed by atoms with Crippen LogP contribution in [0.1, 0.15) is 39.5 Å². The van der Waals surface area contributed by atoms with Gasteiger partial charge in [-0.2, -0.15) is 0 Å². The normalized spacial score (nSPS) is 16.1. The monoisotopic (exact) mass is 350 g/mol. The molecule has 3 rings (SSSR count). The van der Waals surface area contributed by atoms with Gasteiger partial charge >= 0.3 is 0 Å². The van der Waals surface area contributed by atoms with Crippen molar-refractivity contribution >= 4 is 27.5 Å². The molecule has 1 aliphatic rings. The number of amides is 1. The third kappa shape index (κ3) is 3.69. The maximum absolute atomic E-state index is 13.2. The second-order valence-corrected chi connectivity index (χ2v) is 7.24. The summed E-state index contributed by atoms with van der Waals surface area (Å²) in [6, 6.07) is 4.56. The molecule has 0 unspecified atom stereocenters. The van der Waals surface area contributed by atoms with E-state index in [1.807, 2.05) is 4.90 Å². The number of ether oxygens (including phenoxy) is 1. The summed E-state index contributed by atoms with van der Waals surface area (Å²) in [7, 11) is 0. The van der Waals surface area contributed by atoms with Gasteiger partial charge in [0.05, 0.1) is 10.2 Å². The number of hydrogen-bond acceptors (Lipinski definition) is 4. The minimum absolute atomic E-state index is 0.0705. The fourth-order valence-electron chi connectivity index (χ4n) is 3.16. The lowest BCUT2D eigenvalue weighted by molar-refractivity contribution is -0.137. The van der Waals surface area contributed by atoms with Crippen LogP contribution in [0, 0.1) is 11.7 Å². The highest BCUT2D eigenvalue weighted by molar-refractivity contribution is 7.20. The molecule has 2 aromatic rings. The molecular formula is C18H23FN2O2S. The van der Waals surface area contributed by atoms with Crippen LogP contribution in [0.4, 0.5) is 4.39 Å². The second kappa shape index (κ2) is 7.47. The zero-order valence-corrected chi connectivity index (χ0v) is 14.9. The summed E-state index contributed by atoms with van der Waals surface area (Å²) in [5.41, 5.74) is 0.762. The molecule has 2 heterocycles. The maximum atomic E-state index is 13.2. The number of benzene rings is 1. The maximum Gasteiger partial charge on any atom is 0.274 e. The molecule has 1 aromatic heterocycles. The first-order valence-corrected chi connectivity index (χ1v) is 9.43. The predicted octanol–water partition coefficient (Wildman–Crippen LogP) is 4.24. The van der Waals surface area contributed by atoms with Gasteiger partial charge in [0.2, 0.25) is 5.91 Å². The van der Waals surface area contributed by atoms with E-state index in [1.165, 1.54) is 23.5 Å². The minimum atomic E-state index is -0.258. The fourth-order valence-corrected chi connectivity index (χ4v) is 4.07. The molecule has 0 spiro atoms. The van der Waals surface area contributed by atoms with Crippen LogP contribution in [0.25, 0.3) is 10.2 Å². The van der Waals surface area contributed by atoms with E-state index in [9.17, 15) is 9.18 Å². The molecule has 0 saturated carbocycles. The average molecular weight is 350 g/mol. The van der Waals surface area contributed by atoms with Crippen LogP contribution in [-0.2, 0) is 4.79 Å². The molecule has 6 heteroatoms. The number of carbonyl (C=O) groups is 1. The Kier molecular flexibility index (Phi) is 5.33. The third-order valence-electron chi connectivity index (χ3n) is 4.69. The van der Waals surface area contributed by atoms with Gasteiger partial charge in [0.25, 0.3) is 5.19 Å². The molecular weight excluding hydrogens is 327 g/mol. The molecule has 1 aromatic carbocycles. The van der Waals surface area contributed by atoms with Gasteiger partial charge in [0.15, 0.2) is 0 Å². The topological polar surface area (TPSA) is 42.4 Å². The van der Waals surface area contributed by atoms with E-state index < -0.39 is 0 Å². The fraction of sp³-hybridized carbons (Fsp3) is 0.556. The van der Waals surface area contributed by atoms with E-state index in [1.54, 1.807) is 6.07 Å².